The van der Waals surface area contributed by atoms with E-state index in [0.29, 0.717) is 23.3 Å². The average Bonchev–Trinajstić information content (AvgIpc) is 3.10. The first-order valence-electron chi connectivity index (χ1n) is 7.11. The number of hydrogen-bond donors (Lipinski definition) is 1. The van der Waals surface area contributed by atoms with Crippen molar-refractivity contribution in [2.75, 3.05) is 7.05 Å². The van der Waals surface area contributed by atoms with E-state index >= 15 is 0 Å². The highest BCUT2D eigenvalue weighted by atomic mass is 19.1. The van der Waals surface area contributed by atoms with Crippen molar-refractivity contribution in [2.24, 2.45) is 0 Å². The standard InChI is InChI=1S/C15H17F2N3O/c1-18-13-4-2-3-11(13)15-19-14(20-21-15)7-9-5-6-10(16)8-12(9)17/h5-6,8,11,13,18H,2-4,7H2,1H3. The summed E-state index contributed by atoms with van der Waals surface area (Å²) in [5, 5.41) is 7.17. The molecule has 3 rings (SSSR count). The molecule has 0 bridgehead atoms. The van der Waals surface area contributed by atoms with Gasteiger partial charge in [0.05, 0.1) is 5.92 Å². The van der Waals surface area contributed by atoms with Gasteiger partial charge < -0.3 is 9.84 Å². The van der Waals surface area contributed by atoms with Crippen LogP contribution < -0.4 is 5.32 Å². The second kappa shape index (κ2) is 5.89. The number of nitrogens with one attached hydrogen (secondary N) is 1. The minimum Gasteiger partial charge on any atom is -0.339 e. The number of rotatable bonds is 4. The number of aromatic nitrogens is 2. The molecule has 1 aliphatic rings. The lowest BCUT2D eigenvalue weighted by Gasteiger charge is -2.14. The van der Waals surface area contributed by atoms with E-state index in [1.165, 1.54) is 12.1 Å². The summed E-state index contributed by atoms with van der Waals surface area (Å²) in [6.07, 6.45) is 3.43. The van der Waals surface area contributed by atoms with Crippen molar-refractivity contribution in [1.82, 2.24) is 15.5 Å². The average molecular weight is 293 g/mol. The van der Waals surface area contributed by atoms with Crippen LogP contribution in [-0.2, 0) is 6.42 Å². The van der Waals surface area contributed by atoms with Gasteiger partial charge in [-0.15, -0.1) is 0 Å². The monoisotopic (exact) mass is 293 g/mol. The van der Waals surface area contributed by atoms with Crippen LogP contribution in [0.3, 0.4) is 0 Å². The highest BCUT2D eigenvalue weighted by molar-refractivity contribution is 5.22. The molecule has 1 N–H and O–H groups in total. The lowest BCUT2D eigenvalue weighted by Crippen LogP contribution is -2.27. The van der Waals surface area contributed by atoms with Gasteiger partial charge in [0, 0.05) is 18.5 Å². The number of nitrogens with zero attached hydrogens (tertiary/aromatic N) is 2. The highest BCUT2D eigenvalue weighted by Gasteiger charge is 2.31. The lowest BCUT2D eigenvalue weighted by molar-refractivity contribution is 0.332. The predicted octanol–water partition coefficient (Wildman–Crippen LogP) is 2.79. The van der Waals surface area contributed by atoms with Gasteiger partial charge in [-0.1, -0.05) is 17.6 Å². The topological polar surface area (TPSA) is 51.0 Å². The summed E-state index contributed by atoms with van der Waals surface area (Å²) in [5.74, 6) is 0.0686. The van der Waals surface area contributed by atoms with Gasteiger partial charge in [0.2, 0.25) is 5.89 Å². The molecule has 0 saturated heterocycles. The van der Waals surface area contributed by atoms with E-state index in [-0.39, 0.29) is 12.3 Å². The van der Waals surface area contributed by atoms with Crippen molar-refractivity contribution in [3.8, 4) is 0 Å². The van der Waals surface area contributed by atoms with Gasteiger partial charge in [-0.2, -0.15) is 4.98 Å². The van der Waals surface area contributed by atoms with Crippen molar-refractivity contribution >= 4 is 0 Å². The Morgan fingerprint density at radius 1 is 1.33 bits per heavy atom. The Labute approximate surface area is 121 Å². The smallest absolute Gasteiger partial charge is 0.231 e. The zero-order chi connectivity index (χ0) is 14.8. The van der Waals surface area contributed by atoms with Crippen LogP contribution in [0.2, 0.25) is 0 Å². The van der Waals surface area contributed by atoms with Gasteiger partial charge >= 0.3 is 0 Å². The molecule has 1 aromatic heterocycles. The minimum absolute atomic E-state index is 0.201. The molecule has 21 heavy (non-hydrogen) atoms. The molecule has 1 saturated carbocycles. The molecule has 0 radical (unpaired) electrons. The quantitative estimate of drug-likeness (QED) is 0.941. The molecule has 2 aromatic rings. The summed E-state index contributed by atoms with van der Waals surface area (Å²) in [7, 11) is 1.92. The third-order valence-corrected chi connectivity index (χ3v) is 4.05. The fourth-order valence-electron chi connectivity index (χ4n) is 2.93. The molecular weight excluding hydrogens is 276 g/mol. The van der Waals surface area contributed by atoms with Gasteiger partial charge in [0.15, 0.2) is 5.82 Å². The lowest BCUT2D eigenvalue weighted by atomic mass is 10.0. The molecule has 0 amide bonds. The molecule has 4 nitrogen and oxygen atoms in total. The zero-order valence-electron chi connectivity index (χ0n) is 11.8. The first-order valence-corrected chi connectivity index (χ1v) is 7.11. The van der Waals surface area contributed by atoms with Gasteiger partial charge in [-0.3, -0.25) is 0 Å². The van der Waals surface area contributed by atoms with E-state index in [0.717, 1.165) is 25.3 Å². The van der Waals surface area contributed by atoms with Gasteiger partial charge in [-0.05, 0) is 31.5 Å². The third-order valence-electron chi connectivity index (χ3n) is 4.05. The Kier molecular flexibility index (Phi) is 3.96. The maximum absolute atomic E-state index is 13.6. The molecule has 0 spiro atoms. The number of likely N-dealkylation sites (N-methyl/N-ethyl adjacent to an activating group) is 1. The molecule has 1 aromatic carbocycles. The minimum atomic E-state index is -0.590. The van der Waals surface area contributed by atoms with E-state index in [9.17, 15) is 8.78 Å². The Bertz CT molecular complexity index is 629. The van der Waals surface area contributed by atoms with Crippen LogP contribution in [0.4, 0.5) is 8.78 Å². The van der Waals surface area contributed by atoms with Crippen LogP contribution in [0.15, 0.2) is 22.7 Å². The number of hydrogen-bond acceptors (Lipinski definition) is 4. The molecule has 1 fully saturated rings. The van der Waals surface area contributed by atoms with Crippen LogP contribution in [0.1, 0.15) is 42.5 Å². The predicted molar refractivity (Wildman–Crippen MR) is 72.9 cm³/mol. The van der Waals surface area contributed by atoms with Gasteiger partial charge in [-0.25, -0.2) is 8.78 Å². The van der Waals surface area contributed by atoms with E-state index in [4.69, 9.17) is 4.52 Å². The van der Waals surface area contributed by atoms with Crippen LogP contribution in [0.25, 0.3) is 0 Å². The highest BCUT2D eigenvalue weighted by Crippen LogP contribution is 2.33. The Balaban J connectivity index is 1.76. The molecule has 2 unspecified atom stereocenters. The number of benzene rings is 1. The van der Waals surface area contributed by atoms with Crippen molar-refractivity contribution in [1.29, 1.82) is 0 Å². The van der Waals surface area contributed by atoms with Crippen molar-refractivity contribution in [3.05, 3.63) is 47.1 Å². The zero-order valence-corrected chi connectivity index (χ0v) is 11.8. The Morgan fingerprint density at radius 3 is 2.95 bits per heavy atom. The second-order valence-corrected chi connectivity index (χ2v) is 5.39. The fraction of sp³-hybridized carbons (Fsp3) is 0.467. The van der Waals surface area contributed by atoms with E-state index in [1.54, 1.807) is 0 Å². The molecule has 112 valence electrons. The van der Waals surface area contributed by atoms with E-state index < -0.39 is 11.6 Å². The maximum Gasteiger partial charge on any atom is 0.231 e. The summed E-state index contributed by atoms with van der Waals surface area (Å²) in [6.45, 7) is 0. The summed E-state index contributed by atoms with van der Waals surface area (Å²) in [6, 6.07) is 3.85. The molecule has 2 atom stereocenters. The first-order chi connectivity index (χ1) is 10.2. The van der Waals surface area contributed by atoms with Crippen molar-refractivity contribution in [3.63, 3.8) is 0 Å². The van der Waals surface area contributed by atoms with E-state index in [1.807, 2.05) is 7.05 Å². The molecule has 6 heteroatoms. The summed E-state index contributed by atoms with van der Waals surface area (Å²) in [5.41, 5.74) is 0.361. The van der Waals surface area contributed by atoms with Crippen molar-refractivity contribution < 1.29 is 13.3 Å². The molecule has 1 heterocycles. The fourth-order valence-corrected chi connectivity index (χ4v) is 2.93. The van der Waals surface area contributed by atoms with Crippen LogP contribution >= 0.6 is 0 Å². The normalized spacial score (nSPS) is 21.9. The molecule has 0 aliphatic heterocycles. The van der Waals surface area contributed by atoms with Crippen molar-refractivity contribution in [2.45, 2.75) is 37.6 Å². The number of halogens is 2. The van der Waals surface area contributed by atoms with Crippen LogP contribution in [-0.4, -0.2) is 23.2 Å². The SMILES string of the molecule is CNC1CCCC1c1nc(Cc2ccc(F)cc2F)no1. The second-order valence-electron chi connectivity index (χ2n) is 5.39. The third kappa shape index (κ3) is 2.95. The van der Waals surface area contributed by atoms with Gasteiger partial charge in [0.1, 0.15) is 11.6 Å². The Hall–Kier alpha value is -1.82. The molecule has 1 aliphatic carbocycles. The largest absolute Gasteiger partial charge is 0.339 e. The van der Waals surface area contributed by atoms with Gasteiger partial charge in [0.25, 0.3) is 0 Å². The van der Waals surface area contributed by atoms with Crippen LogP contribution in [0.5, 0.6) is 0 Å². The molecular formula is C15H17F2N3O. The summed E-state index contributed by atoms with van der Waals surface area (Å²) >= 11 is 0. The summed E-state index contributed by atoms with van der Waals surface area (Å²) in [4.78, 5) is 4.37. The Morgan fingerprint density at radius 2 is 2.19 bits per heavy atom. The van der Waals surface area contributed by atoms with Crippen LogP contribution in [0, 0.1) is 11.6 Å². The maximum atomic E-state index is 13.6. The van der Waals surface area contributed by atoms with E-state index in [2.05, 4.69) is 15.5 Å². The first kappa shape index (κ1) is 14.1. The summed E-state index contributed by atoms with van der Waals surface area (Å²) < 4.78 is 31.8.